The fraction of sp³-hybridized carbons (Fsp3) is 0.300. The number of hydrogen-bond acceptors (Lipinski definition) is 2. The lowest BCUT2D eigenvalue weighted by Gasteiger charge is -2.32. The highest BCUT2D eigenvalue weighted by Crippen LogP contribution is 2.35. The molecule has 1 aromatic heterocycles. The fourth-order valence-corrected chi connectivity index (χ4v) is 5.43. The number of fused-ring (bicyclic) bond motifs is 1. The van der Waals surface area contributed by atoms with E-state index in [1.165, 1.54) is 22.0 Å². The molecule has 4 aromatic rings. The molecule has 1 amide bonds. The van der Waals surface area contributed by atoms with Crippen molar-refractivity contribution in [2.45, 2.75) is 37.8 Å². The maximum absolute atomic E-state index is 13.3. The van der Waals surface area contributed by atoms with E-state index in [4.69, 9.17) is 11.6 Å². The monoisotopic (exact) mass is 485 g/mol. The third-order valence-corrected chi connectivity index (χ3v) is 7.42. The number of halogens is 1. The zero-order valence-electron chi connectivity index (χ0n) is 20.2. The molecule has 1 aliphatic heterocycles. The second-order valence-corrected chi connectivity index (χ2v) is 10.1. The number of para-hydroxylation sites is 1. The number of aromatic nitrogens is 1. The molecule has 1 fully saturated rings. The Kier molecular flexibility index (Phi) is 7.21. The summed E-state index contributed by atoms with van der Waals surface area (Å²) in [5.41, 5.74) is 4.81. The molecular weight excluding hydrogens is 454 g/mol. The third-order valence-electron chi connectivity index (χ3n) is 7.17. The number of nitrogens with zero attached hydrogens (tertiary/aromatic N) is 2. The van der Waals surface area contributed by atoms with Gasteiger partial charge in [0.05, 0.1) is 0 Å². The SMILES string of the molecule is Cn1cc([C@@H](CC(=O)NC2CCN(Cc3ccccc3)CC2)c2ccc(Cl)cc2)c2ccccc21. The number of carbonyl (C=O) groups is 1. The van der Waals surface area contributed by atoms with Crippen molar-refractivity contribution in [1.82, 2.24) is 14.8 Å². The summed E-state index contributed by atoms with van der Waals surface area (Å²) in [4.78, 5) is 15.8. The third kappa shape index (κ3) is 5.61. The smallest absolute Gasteiger partial charge is 0.221 e. The van der Waals surface area contributed by atoms with Crippen molar-refractivity contribution in [3.05, 3.63) is 107 Å². The molecule has 0 spiro atoms. The van der Waals surface area contributed by atoms with Gasteiger partial charge in [-0.3, -0.25) is 9.69 Å². The van der Waals surface area contributed by atoms with Crippen LogP contribution in [0.1, 0.15) is 41.9 Å². The van der Waals surface area contributed by atoms with E-state index >= 15 is 0 Å². The van der Waals surface area contributed by atoms with Gasteiger partial charge in [0.25, 0.3) is 0 Å². The molecule has 0 aliphatic carbocycles. The molecule has 1 aliphatic rings. The van der Waals surface area contributed by atoms with Crippen LogP contribution in [0, 0.1) is 0 Å². The number of rotatable bonds is 7. The van der Waals surface area contributed by atoms with Crippen LogP contribution in [-0.2, 0) is 18.4 Å². The van der Waals surface area contributed by atoms with Crippen molar-refractivity contribution in [3.8, 4) is 0 Å². The van der Waals surface area contributed by atoms with Crippen LogP contribution in [0.5, 0.6) is 0 Å². The van der Waals surface area contributed by atoms with Gasteiger partial charge in [-0.05, 0) is 47.7 Å². The number of aryl methyl sites for hydroxylation is 1. The standard InChI is InChI=1S/C30H32ClN3O/c1-33-21-28(26-9-5-6-10-29(26)33)27(23-11-13-24(31)14-12-23)19-30(35)32-25-15-17-34(18-16-25)20-22-7-3-2-4-8-22/h2-14,21,25,27H,15-20H2,1H3,(H,32,35)/t27-/m0/s1. The van der Waals surface area contributed by atoms with Crippen LogP contribution in [-0.4, -0.2) is 34.5 Å². The molecule has 5 rings (SSSR count). The molecule has 2 heterocycles. The first-order valence-corrected chi connectivity index (χ1v) is 12.8. The maximum Gasteiger partial charge on any atom is 0.221 e. The average molecular weight is 486 g/mol. The lowest BCUT2D eigenvalue weighted by molar-refractivity contribution is -0.122. The quantitative estimate of drug-likeness (QED) is 0.341. The summed E-state index contributed by atoms with van der Waals surface area (Å²) in [7, 11) is 2.06. The first-order valence-electron chi connectivity index (χ1n) is 12.4. The largest absolute Gasteiger partial charge is 0.353 e. The van der Waals surface area contributed by atoms with Crippen molar-refractivity contribution in [2.24, 2.45) is 7.05 Å². The van der Waals surface area contributed by atoms with E-state index in [0.29, 0.717) is 11.4 Å². The minimum absolute atomic E-state index is 0.0310. The number of likely N-dealkylation sites (tertiary alicyclic amines) is 1. The van der Waals surface area contributed by atoms with Crippen LogP contribution in [0.2, 0.25) is 5.02 Å². The number of nitrogens with one attached hydrogen (secondary N) is 1. The van der Waals surface area contributed by atoms with E-state index in [1.54, 1.807) is 0 Å². The van der Waals surface area contributed by atoms with E-state index in [-0.39, 0.29) is 17.9 Å². The van der Waals surface area contributed by atoms with Crippen LogP contribution in [0.3, 0.4) is 0 Å². The van der Waals surface area contributed by atoms with Crippen LogP contribution < -0.4 is 5.32 Å². The Morgan fingerprint density at radius 3 is 2.40 bits per heavy atom. The van der Waals surface area contributed by atoms with Crippen molar-refractivity contribution >= 4 is 28.4 Å². The summed E-state index contributed by atoms with van der Waals surface area (Å²) >= 11 is 6.17. The molecule has 0 bridgehead atoms. The van der Waals surface area contributed by atoms with Crippen LogP contribution >= 0.6 is 11.6 Å². The zero-order chi connectivity index (χ0) is 24.2. The van der Waals surface area contributed by atoms with Gasteiger partial charge in [-0.1, -0.05) is 72.3 Å². The van der Waals surface area contributed by atoms with Gasteiger partial charge in [-0.25, -0.2) is 0 Å². The Balaban J connectivity index is 1.27. The van der Waals surface area contributed by atoms with E-state index in [0.717, 1.165) is 38.0 Å². The lowest BCUT2D eigenvalue weighted by atomic mass is 9.88. The number of piperidine rings is 1. The van der Waals surface area contributed by atoms with Crippen LogP contribution in [0.4, 0.5) is 0 Å². The van der Waals surface area contributed by atoms with Crippen LogP contribution in [0.25, 0.3) is 10.9 Å². The van der Waals surface area contributed by atoms with Crippen molar-refractivity contribution in [1.29, 1.82) is 0 Å². The van der Waals surface area contributed by atoms with E-state index in [1.807, 2.05) is 24.3 Å². The maximum atomic E-state index is 13.3. The van der Waals surface area contributed by atoms with Crippen molar-refractivity contribution in [2.75, 3.05) is 13.1 Å². The van der Waals surface area contributed by atoms with Crippen molar-refractivity contribution in [3.63, 3.8) is 0 Å². The molecule has 180 valence electrons. The second kappa shape index (κ2) is 10.7. The molecular formula is C30H32ClN3O. The zero-order valence-corrected chi connectivity index (χ0v) is 20.9. The second-order valence-electron chi connectivity index (χ2n) is 9.62. The number of benzene rings is 3. The number of amides is 1. The molecule has 5 heteroatoms. The highest BCUT2D eigenvalue weighted by atomic mass is 35.5. The van der Waals surface area contributed by atoms with E-state index < -0.39 is 0 Å². The summed E-state index contributed by atoms with van der Waals surface area (Å²) in [6, 6.07) is 27.1. The predicted octanol–water partition coefficient (Wildman–Crippen LogP) is 6.13. The first kappa shape index (κ1) is 23.7. The van der Waals surface area contributed by atoms with Gasteiger partial charge < -0.3 is 9.88 Å². The summed E-state index contributed by atoms with van der Waals surface area (Å²) in [6.45, 7) is 2.98. The molecule has 0 radical (unpaired) electrons. The molecule has 1 atom stereocenters. The normalized spacial score (nSPS) is 15.8. The predicted molar refractivity (Wildman–Crippen MR) is 144 cm³/mol. The highest BCUT2D eigenvalue weighted by Gasteiger charge is 2.25. The highest BCUT2D eigenvalue weighted by molar-refractivity contribution is 6.30. The Bertz CT molecular complexity index is 1270. The number of carbonyl (C=O) groups excluding carboxylic acids is 1. The summed E-state index contributed by atoms with van der Waals surface area (Å²) < 4.78 is 2.15. The van der Waals surface area contributed by atoms with E-state index in [2.05, 4.69) is 82.6 Å². The summed E-state index contributed by atoms with van der Waals surface area (Å²) in [5, 5.41) is 5.24. The average Bonchev–Trinajstić information content (AvgIpc) is 3.21. The molecule has 1 N–H and O–H groups in total. The Hall–Kier alpha value is -3.08. The molecule has 35 heavy (non-hydrogen) atoms. The Morgan fingerprint density at radius 1 is 0.971 bits per heavy atom. The topological polar surface area (TPSA) is 37.3 Å². The van der Waals surface area contributed by atoms with Crippen LogP contribution in [0.15, 0.2) is 85.1 Å². The van der Waals surface area contributed by atoms with Gasteiger partial charge in [0.15, 0.2) is 0 Å². The van der Waals surface area contributed by atoms with Crippen molar-refractivity contribution < 1.29 is 4.79 Å². The fourth-order valence-electron chi connectivity index (χ4n) is 5.30. The van der Waals surface area contributed by atoms with Gasteiger partial charge >= 0.3 is 0 Å². The molecule has 1 saturated heterocycles. The minimum atomic E-state index is -0.0310. The first-order chi connectivity index (χ1) is 17.1. The summed E-state index contributed by atoms with van der Waals surface area (Å²) in [5.74, 6) is 0.0796. The van der Waals surface area contributed by atoms with E-state index in [9.17, 15) is 4.79 Å². The minimum Gasteiger partial charge on any atom is -0.353 e. The summed E-state index contributed by atoms with van der Waals surface area (Å²) in [6.07, 6.45) is 4.55. The lowest BCUT2D eigenvalue weighted by Crippen LogP contribution is -2.44. The van der Waals surface area contributed by atoms with Gasteiger partial charge in [-0.2, -0.15) is 0 Å². The molecule has 3 aromatic carbocycles. The van der Waals surface area contributed by atoms with Gasteiger partial charge in [0.2, 0.25) is 5.91 Å². The molecule has 4 nitrogen and oxygen atoms in total. The molecule has 0 unspecified atom stereocenters. The Morgan fingerprint density at radius 2 is 1.66 bits per heavy atom. The van der Waals surface area contributed by atoms with Gasteiger partial charge in [0.1, 0.15) is 0 Å². The van der Waals surface area contributed by atoms with Gasteiger partial charge in [0, 0.05) is 67.2 Å². The van der Waals surface area contributed by atoms with Gasteiger partial charge in [-0.15, -0.1) is 0 Å². The Labute approximate surface area is 212 Å². The molecule has 0 saturated carbocycles. The number of hydrogen-bond donors (Lipinski definition) is 1.